The Kier molecular flexibility index (Phi) is 7.81. The lowest BCUT2D eigenvalue weighted by molar-refractivity contribution is -0.119. The molecule has 0 aliphatic rings. The summed E-state index contributed by atoms with van der Waals surface area (Å²) in [6.45, 7) is 2.57. The van der Waals surface area contributed by atoms with E-state index in [4.69, 9.17) is 9.52 Å². The van der Waals surface area contributed by atoms with Crippen LogP contribution in [-0.2, 0) is 27.8 Å². The van der Waals surface area contributed by atoms with Crippen molar-refractivity contribution in [1.82, 2.24) is 4.57 Å². The van der Waals surface area contributed by atoms with Gasteiger partial charge in [-0.2, -0.15) is 0 Å². The Morgan fingerprint density at radius 3 is 2.31 bits per heavy atom. The van der Waals surface area contributed by atoms with Gasteiger partial charge in [-0.25, -0.2) is 8.42 Å². The second kappa shape index (κ2) is 10.6. The highest BCUT2D eigenvalue weighted by molar-refractivity contribution is 7.92. The average Bonchev–Trinajstić information content (AvgIpc) is 3.28. The van der Waals surface area contributed by atoms with E-state index in [9.17, 15) is 18.0 Å². The van der Waals surface area contributed by atoms with Gasteiger partial charge in [0.2, 0.25) is 0 Å². The Morgan fingerprint density at radius 1 is 1.06 bits per heavy atom. The number of Topliss-reactive ketones (excluding diaryl/α,β-unsaturated/α-hetero) is 1. The van der Waals surface area contributed by atoms with Crippen LogP contribution in [0.5, 0.6) is 0 Å². The maximum absolute atomic E-state index is 12.6. The molecule has 7 nitrogen and oxygen atoms in total. The number of aromatic nitrogens is 1. The molecule has 35 heavy (non-hydrogen) atoms. The molecule has 2 heterocycles. The van der Waals surface area contributed by atoms with Crippen molar-refractivity contribution in [3.8, 4) is 34.8 Å². The number of aryl methyl sites for hydroxylation is 1. The van der Waals surface area contributed by atoms with Crippen LogP contribution in [0.3, 0.4) is 0 Å². The van der Waals surface area contributed by atoms with Crippen LogP contribution in [0.4, 0.5) is 0 Å². The van der Waals surface area contributed by atoms with Crippen molar-refractivity contribution in [3.63, 3.8) is 0 Å². The fourth-order valence-corrected chi connectivity index (χ4v) is 4.28. The molecule has 0 saturated carbocycles. The topological polar surface area (TPSA) is 107 Å². The molecular formula is C27H25NO6S. The summed E-state index contributed by atoms with van der Waals surface area (Å²) in [4.78, 5) is 24.5. The second-order valence-corrected chi connectivity index (χ2v) is 10.7. The Bertz CT molecular complexity index is 1520. The van der Waals surface area contributed by atoms with Gasteiger partial charge in [0.15, 0.2) is 21.4 Å². The first-order chi connectivity index (χ1) is 16.5. The molecule has 0 aliphatic heterocycles. The van der Waals surface area contributed by atoms with Gasteiger partial charge in [-0.3, -0.25) is 9.59 Å². The Hall–Kier alpha value is -3.85. The quantitative estimate of drug-likeness (QED) is 0.510. The number of carbonyl (C=O) groups is 1. The number of carbonyl (C=O) groups excluding carboxylic acids is 1. The first kappa shape index (κ1) is 25.8. The minimum atomic E-state index is -3.62. The van der Waals surface area contributed by atoms with Gasteiger partial charge < -0.3 is 14.1 Å². The summed E-state index contributed by atoms with van der Waals surface area (Å²) < 4.78 is 29.3. The van der Waals surface area contributed by atoms with Gasteiger partial charge in [0.05, 0.1) is 0 Å². The van der Waals surface area contributed by atoms with E-state index in [2.05, 4.69) is 23.7 Å². The Labute approximate surface area is 204 Å². The van der Waals surface area contributed by atoms with Crippen molar-refractivity contribution in [1.29, 1.82) is 0 Å². The number of pyridine rings is 1. The minimum Gasteiger partial charge on any atom is -0.450 e. The number of benzene rings is 1. The van der Waals surface area contributed by atoms with E-state index in [0.717, 1.165) is 17.4 Å². The van der Waals surface area contributed by atoms with Gasteiger partial charge in [-0.1, -0.05) is 18.1 Å². The number of hydrogen-bond donors (Lipinski definition) is 1. The van der Waals surface area contributed by atoms with Crippen LogP contribution in [0.1, 0.15) is 37.4 Å². The van der Waals surface area contributed by atoms with Crippen molar-refractivity contribution >= 4 is 15.6 Å². The molecular weight excluding hydrogens is 466 g/mol. The van der Waals surface area contributed by atoms with Crippen LogP contribution in [0.25, 0.3) is 11.1 Å². The largest absolute Gasteiger partial charge is 0.450 e. The summed E-state index contributed by atoms with van der Waals surface area (Å²) in [5.41, 5.74) is 1.99. The summed E-state index contributed by atoms with van der Waals surface area (Å²) in [6.07, 6.45) is 2.65. The minimum absolute atomic E-state index is 0.0131. The second-order valence-electron chi connectivity index (χ2n) is 8.26. The van der Waals surface area contributed by atoms with E-state index < -0.39 is 20.4 Å². The lowest BCUT2D eigenvalue weighted by Gasteiger charge is -2.24. The molecule has 1 N–H and O–H groups in total. The zero-order chi connectivity index (χ0) is 25.6. The number of furan rings is 1. The van der Waals surface area contributed by atoms with Crippen molar-refractivity contribution in [2.24, 2.45) is 0 Å². The van der Waals surface area contributed by atoms with Crippen molar-refractivity contribution < 1.29 is 22.7 Å². The maximum atomic E-state index is 12.6. The highest BCUT2D eigenvalue weighted by Crippen LogP contribution is 2.23. The molecule has 180 valence electrons. The molecule has 0 bridgehead atoms. The average molecular weight is 492 g/mol. The van der Waals surface area contributed by atoms with Gasteiger partial charge in [-0.15, -0.1) is 0 Å². The summed E-state index contributed by atoms with van der Waals surface area (Å²) >= 11 is 0. The van der Waals surface area contributed by atoms with E-state index in [-0.39, 0.29) is 25.1 Å². The molecule has 1 atom stereocenters. The molecule has 1 aromatic carbocycles. The van der Waals surface area contributed by atoms with E-state index >= 15 is 0 Å². The third-order valence-electron chi connectivity index (χ3n) is 5.88. The molecule has 3 rings (SSSR count). The fourth-order valence-electron chi connectivity index (χ4n) is 3.30. The zero-order valence-electron chi connectivity index (χ0n) is 19.7. The standard InChI is InChI=1S/C27H25NO6S/c1-20(30)27(2,35(3,32)33)15-17-28-16-14-23(18-26(28)31)22-10-8-21(9-11-22)6-4-5-7-24-12-13-25(19-29)34-24/h8-14,16,18,29H,15,17,19H2,1-3H3. The van der Waals surface area contributed by atoms with Crippen LogP contribution in [-0.4, -0.2) is 34.9 Å². The summed E-state index contributed by atoms with van der Waals surface area (Å²) in [5.74, 6) is 11.5. The molecule has 0 aliphatic carbocycles. The predicted molar refractivity (Wildman–Crippen MR) is 133 cm³/mol. The number of sulfone groups is 1. The number of ketones is 1. The SMILES string of the molecule is CC(=O)C(C)(CCn1ccc(-c2ccc(C#CC#Cc3ccc(CO)o3)cc2)cc1=O)S(C)(=O)=O. The molecule has 0 saturated heterocycles. The van der Waals surface area contributed by atoms with Crippen molar-refractivity contribution in [2.75, 3.05) is 6.26 Å². The monoisotopic (exact) mass is 491 g/mol. The summed E-state index contributed by atoms with van der Waals surface area (Å²) in [7, 11) is -3.62. The van der Waals surface area contributed by atoms with Crippen molar-refractivity contribution in [3.05, 3.63) is 82.2 Å². The fraction of sp³-hybridized carbons (Fsp3) is 0.259. The number of nitrogens with zero attached hydrogens (tertiary/aromatic N) is 1. The Morgan fingerprint density at radius 2 is 1.74 bits per heavy atom. The molecule has 0 radical (unpaired) electrons. The third-order valence-corrected chi connectivity index (χ3v) is 8.01. The molecule has 3 aromatic rings. The zero-order valence-corrected chi connectivity index (χ0v) is 20.5. The first-order valence-electron chi connectivity index (χ1n) is 10.8. The molecule has 0 spiro atoms. The number of aliphatic hydroxyl groups is 1. The van der Waals surface area contributed by atoms with Crippen LogP contribution in [0.15, 0.2) is 63.9 Å². The van der Waals surface area contributed by atoms with E-state index in [1.807, 2.05) is 24.3 Å². The van der Waals surface area contributed by atoms with Gasteiger partial charge in [0.1, 0.15) is 17.1 Å². The van der Waals surface area contributed by atoms with Gasteiger partial charge in [0, 0.05) is 30.6 Å². The molecule has 0 fully saturated rings. The number of hydrogen-bond acceptors (Lipinski definition) is 6. The van der Waals surface area contributed by atoms with Crippen molar-refractivity contribution in [2.45, 2.75) is 38.2 Å². The molecule has 1 unspecified atom stereocenters. The van der Waals surface area contributed by atoms with Crippen LogP contribution in [0, 0.1) is 23.7 Å². The molecule has 8 heteroatoms. The van der Waals surface area contributed by atoms with Crippen LogP contribution in [0.2, 0.25) is 0 Å². The third kappa shape index (κ3) is 6.19. The maximum Gasteiger partial charge on any atom is 0.251 e. The molecule has 2 aromatic heterocycles. The highest BCUT2D eigenvalue weighted by Gasteiger charge is 2.40. The number of aliphatic hydroxyl groups excluding tert-OH is 1. The Balaban J connectivity index is 1.70. The van der Waals surface area contributed by atoms with E-state index in [0.29, 0.717) is 17.1 Å². The highest BCUT2D eigenvalue weighted by atomic mass is 32.2. The lowest BCUT2D eigenvalue weighted by atomic mass is 10.0. The summed E-state index contributed by atoms with van der Waals surface area (Å²) in [6, 6.07) is 13.9. The lowest BCUT2D eigenvalue weighted by Crippen LogP contribution is -2.43. The smallest absolute Gasteiger partial charge is 0.251 e. The molecule has 0 amide bonds. The predicted octanol–water partition coefficient (Wildman–Crippen LogP) is 2.79. The van der Waals surface area contributed by atoms with Gasteiger partial charge >= 0.3 is 0 Å². The van der Waals surface area contributed by atoms with Crippen LogP contribution >= 0.6 is 0 Å². The normalized spacial score (nSPS) is 12.6. The summed E-state index contributed by atoms with van der Waals surface area (Å²) in [5, 5.41) is 8.98. The number of rotatable bonds is 7. The van der Waals surface area contributed by atoms with Gasteiger partial charge in [-0.05, 0) is 79.5 Å². The van der Waals surface area contributed by atoms with E-state index in [1.54, 1.807) is 24.4 Å². The van der Waals surface area contributed by atoms with E-state index in [1.165, 1.54) is 24.5 Å². The first-order valence-corrected chi connectivity index (χ1v) is 12.7. The van der Waals surface area contributed by atoms with Crippen LogP contribution < -0.4 is 5.56 Å². The van der Waals surface area contributed by atoms with Gasteiger partial charge in [0.25, 0.3) is 5.56 Å².